The molecule has 3 heteroatoms. The highest BCUT2D eigenvalue weighted by Gasteiger charge is 2.25. The maximum Gasteiger partial charge on any atom is 0.0705 e. The molecule has 3 rings (SSSR count). The maximum atomic E-state index is 5.65. The molecule has 1 fully saturated rings. The molecule has 1 saturated carbocycles. The Kier molecular flexibility index (Phi) is 2.79. The third kappa shape index (κ3) is 2.30. The summed E-state index contributed by atoms with van der Waals surface area (Å²) in [5.41, 5.74) is 5.21. The van der Waals surface area contributed by atoms with Gasteiger partial charge < -0.3 is 0 Å². The maximum absolute atomic E-state index is 5.65. The van der Waals surface area contributed by atoms with E-state index in [4.69, 9.17) is 5.84 Å². The molecule has 2 aromatic rings. The molecule has 0 bridgehead atoms. The fourth-order valence-electron chi connectivity index (χ4n) is 2.29. The predicted octanol–water partition coefficient (Wildman–Crippen LogP) is 2.54. The first kappa shape index (κ1) is 10.7. The quantitative estimate of drug-likeness (QED) is 0.623. The van der Waals surface area contributed by atoms with Crippen molar-refractivity contribution in [3.63, 3.8) is 0 Å². The van der Waals surface area contributed by atoms with E-state index in [9.17, 15) is 0 Å². The van der Waals surface area contributed by atoms with E-state index in [-0.39, 0.29) is 6.04 Å². The number of benzene rings is 1. The third-order valence-corrected chi connectivity index (χ3v) is 3.50. The normalized spacial score (nSPS) is 17.2. The summed E-state index contributed by atoms with van der Waals surface area (Å²) in [4.78, 5) is 4.38. The summed E-state index contributed by atoms with van der Waals surface area (Å²) in [6.07, 6.45) is 5.67. The van der Waals surface area contributed by atoms with Crippen molar-refractivity contribution in [2.45, 2.75) is 25.3 Å². The number of hydrogen-bond donors (Lipinski definition) is 2. The number of hydrazine groups is 1. The molecule has 1 aromatic heterocycles. The Bertz CT molecular complexity index is 520. The summed E-state index contributed by atoms with van der Waals surface area (Å²) in [6, 6.07) is 10.7. The lowest BCUT2D eigenvalue weighted by molar-refractivity contribution is 0.487. The highest BCUT2D eigenvalue weighted by atomic mass is 15.2. The summed E-state index contributed by atoms with van der Waals surface area (Å²) in [5.74, 6) is 6.51. The van der Waals surface area contributed by atoms with Crippen molar-refractivity contribution in [2.24, 2.45) is 11.8 Å². The minimum atomic E-state index is 0.258. The van der Waals surface area contributed by atoms with E-state index in [0.29, 0.717) is 0 Å². The van der Waals surface area contributed by atoms with Crippen LogP contribution in [0.2, 0.25) is 0 Å². The molecule has 3 nitrogen and oxygen atoms in total. The molecule has 0 aliphatic heterocycles. The fraction of sp³-hybridized carbons (Fsp3) is 0.357. The van der Waals surface area contributed by atoms with E-state index in [0.717, 1.165) is 17.9 Å². The topological polar surface area (TPSA) is 50.9 Å². The van der Waals surface area contributed by atoms with E-state index < -0.39 is 0 Å². The monoisotopic (exact) mass is 227 g/mol. The first-order chi connectivity index (χ1) is 8.36. The van der Waals surface area contributed by atoms with Crippen LogP contribution in [0.15, 0.2) is 36.5 Å². The summed E-state index contributed by atoms with van der Waals surface area (Å²) < 4.78 is 0. The standard InChI is InChI=1S/C14H17N3/c15-17-14(8-10-3-4-10)12-6-5-11-2-1-7-16-13(11)9-12/h1-2,5-7,9-10,14,17H,3-4,8,15H2. The van der Waals surface area contributed by atoms with Crippen LogP contribution in [0.4, 0.5) is 0 Å². The van der Waals surface area contributed by atoms with Gasteiger partial charge in [-0.25, -0.2) is 0 Å². The molecule has 3 N–H and O–H groups in total. The van der Waals surface area contributed by atoms with Crippen LogP contribution in [0.25, 0.3) is 10.9 Å². The van der Waals surface area contributed by atoms with E-state index >= 15 is 0 Å². The number of aromatic nitrogens is 1. The zero-order chi connectivity index (χ0) is 11.7. The molecule has 1 aromatic carbocycles. The highest BCUT2D eigenvalue weighted by Crippen LogP contribution is 2.37. The summed E-state index contributed by atoms with van der Waals surface area (Å²) in [6.45, 7) is 0. The first-order valence-electron chi connectivity index (χ1n) is 6.17. The molecule has 1 aliphatic rings. The van der Waals surface area contributed by atoms with Crippen molar-refractivity contribution >= 4 is 10.9 Å². The van der Waals surface area contributed by atoms with Gasteiger partial charge in [-0.2, -0.15) is 0 Å². The molecule has 1 heterocycles. The Hall–Kier alpha value is -1.45. The molecular formula is C14H17N3. The van der Waals surface area contributed by atoms with Crippen LogP contribution in [0.1, 0.15) is 30.9 Å². The highest BCUT2D eigenvalue weighted by molar-refractivity contribution is 5.78. The third-order valence-electron chi connectivity index (χ3n) is 3.50. The van der Waals surface area contributed by atoms with Crippen molar-refractivity contribution in [3.8, 4) is 0 Å². The van der Waals surface area contributed by atoms with Crippen LogP contribution in [0.3, 0.4) is 0 Å². The average Bonchev–Trinajstić information content (AvgIpc) is 3.19. The zero-order valence-electron chi connectivity index (χ0n) is 9.76. The lowest BCUT2D eigenvalue weighted by Crippen LogP contribution is -2.28. The Labute approximate surface area is 101 Å². The van der Waals surface area contributed by atoms with Crippen molar-refractivity contribution in [1.29, 1.82) is 0 Å². The molecule has 1 unspecified atom stereocenters. The van der Waals surface area contributed by atoms with Crippen molar-refractivity contribution in [3.05, 3.63) is 42.1 Å². The number of nitrogens with two attached hydrogens (primary N) is 1. The van der Waals surface area contributed by atoms with Gasteiger partial charge in [-0.15, -0.1) is 0 Å². The minimum absolute atomic E-state index is 0.258. The van der Waals surface area contributed by atoms with Crippen LogP contribution in [-0.4, -0.2) is 4.98 Å². The molecule has 0 amide bonds. The zero-order valence-corrected chi connectivity index (χ0v) is 9.76. The van der Waals surface area contributed by atoms with Crippen LogP contribution in [0.5, 0.6) is 0 Å². The van der Waals surface area contributed by atoms with E-state index in [2.05, 4.69) is 34.7 Å². The van der Waals surface area contributed by atoms with Gasteiger partial charge in [0.15, 0.2) is 0 Å². The van der Waals surface area contributed by atoms with Crippen molar-refractivity contribution in [1.82, 2.24) is 10.4 Å². The number of rotatable bonds is 4. The molecule has 1 aliphatic carbocycles. The number of nitrogens with zero attached hydrogens (tertiary/aromatic N) is 1. The lowest BCUT2D eigenvalue weighted by Gasteiger charge is -2.16. The Balaban J connectivity index is 1.92. The van der Waals surface area contributed by atoms with Gasteiger partial charge in [-0.1, -0.05) is 31.0 Å². The smallest absolute Gasteiger partial charge is 0.0705 e. The van der Waals surface area contributed by atoms with Crippen molar-refractivity contribution in [2.75, 3.05) is 0 Å². The van der Waals surface area contributed by atoms with Gasteiger partial charge in [-0.3, -0.25) is 16.3 Å². The number of hydrogen-bond acceptors (Lipinski definition) is 3. The molecule has 88 valence electrons. The largest absolute Gasteiger partial charge is 0.271 e. The second kappa shape index (κ2) is 4.43. The fourth-order valence-corrected chi connectivity index (χ4v) is 2.29. The van der Waals surface area contributed by atoms with Gasteiger partial charge in [0.2, 0.25) is 0 Å². The molecule has 17 heavy (non-hydrogen) atoms. The summed E-state index contributed by atoms with van der Waals surface area (Å²) in [7, 11) is 0. The van der Waals surface area contributed by atoms with Gasteiger partial charge in [0.1, 0.15) is 0 Å². The second-order valence-corrected chi connectivity index (χ2v) is 4.85. The Morgan fingerprint density at radius 3 is 3.00 bits per heavy atom. The van der Waals surface area contributed by atoms with Crippen molar-refractivity contribution < 1.29 is 0 Å². The average molecular weight is 227 g/mol. The van der Waals surface area contributed by atoms with Crippen LogP contribution < -0.4 is 11.3 Å². The summed E-state index contributed by atoms with van der Waals surface area (Å²) in [5, 5.41) is 1.18. The van der Waals surface area contributed by atoms with Gasteiger partial charge in [0, 0.05) is 17.6 Å². The van der Waals surface area contributed by atoms with Gasteiger partial charge in [0.25, 0.3) is 0 Å². The predicted molar refractivity (Wildman–Crippen MR) is 69.1 cm³/mol. The molecule has 0 spiro atoms. The minimum Gasteiger partial charge on any atom is -0.271 e. The first-order valence-corrected chi connectivity index (χ1v) is 6.17. The van der Waals surface area contributed by atoms with Crippen LogP contribution in [-0.2, 0) is 0 Å². The molecule has 0 saturated heterocycles. The molecule has 0 radical (unpaired) electrons. The summed E-state index contributed by atoms with van der Waals surface area (Å²) >= 11 is 0. The Morgan fingerprint density at radius 1 is 1.35 bits per heavy atom. The van der Waals surface area contributed by atoms with Gasteiger partial charge in [0.05, 0.1) is 5.52 Å². The molecule has 1 atom stereocenters. The van der Waals surface area contributed by atoms with Crippen LogP contribution in [0, 0.1) is 5.92 Å². The SMILES string of the molecule is NNC(CC1CC1)c1ccc2cccnc2c1. The van der Waals surface area contributed by atoms with Gasteiger partial charge >= 0.3 is 0 Å². The molecular weight excluding hydrogens is 210 g/mol. The number of nitrogens with one attached hydrogen (secondary N) is 1. The number of pyridine rings is 1. The van der Waals surface area contributed by atoms with E-state index in [1.165, 1.54) is 23.8 Å². The van der Waals surface area contributed by atoms with Crippen LogP contribution >= 0.6 is 0 Å². The van der Waals surface area contributed by atoms with E-state index in [1.807, 2.05) is 12.3 Å². The lowest BCUT2D eigenvalue weighted by atomic mass is 10.0. The van der Waals surface area contributed by atoms with Gasteiger partial charge in [-0.05, 0) is 30.0 Å². The Morgan fingerprint density at radius 2 is 2.24 bits per heavy atom. The number of fused-ring (bicyclic) bond motifs is 1. The second-order valence-electron chi connectivity index (χ2n) is 4.85. The van der Waals surface area contributed by atoms with E-state index in [1.54, 1.807) is 0 Å².